The normalized spacial score (nSPS) is 13.9. The van der Waals surface area contributed by atoms with Crippen LogP contribution in [0.2, 0.25) is 0 Å². The first-order chi connectivity index (χ1) is 16.1. The molecule has 1 N–H and O–H groups in total. The maximum absolute atomic E-state index is 13.0. The Balaban J connectivity index is 1.26. The Kier molecular flexibility index (Phi) is 5.48. The van der Waals surface area contributed by atoms with Gasteiger partial charge in [0.15, 0.2) is 0 Å². The van der Waals surface area contributed by atoms with Gasteiger partial charge in [-0.15, -0.1) is 0 Å². The summed E-state index contributed by atoms with van der Waals surface area (Å²) >= 11 is 0. The Bertz CT molecular complexity index is 1280. The predicted octanol–water partition coefficient (Wildman–Crippen LogP) is 4.71. The van der Waals surface area contributed by atoms with Crippen LogP contribution in [0.4, 0.5) is 0 Å². The fourth-order valence-corrected chi connectivity index (χ4v) is 4.33. The van der Waals surface area contributed by atoms with Gasteiger partial charge in [0.05, 0.1) is 6.26 Å². The number of imide groups is 1. The molecule has 6 heteroatoms. The summed E-state index contributed by atoms with van der Waals surface area (Å²) in [7, 11) is 0. The van der Waals surface area contributed by atoms with Gasteiger partial charge in [-0.3, -0.25) is 19.3 Å². The third-order valence-corrected chi connectivity index (χ3v) is 5.91. The molecule has 1 atom stereocenters. The Hall–Kier alpha value is -4.19. The molecule has 6 nitrogen and oxygen atoms in total. The highest BCUT2D eigenvalue weighted by Gasteiger charge is 2.32. The van der Waals surface area contributed by atoms with Crippen molar-refractivity contribution >= 4 is 28.5 Å². The van der Waals surface area contributed by atoms with Gasteiger partial charge >= 0.3 is 0 Å². The molecule has 2 heterocycles. The summed E-state index contributed by atoms with van der Waals surface area (Å²) in [5.41, 5.74) is 1.95. The summed E-state index contributed by atoms with van der Waals surface area (Å²) in [5, 5.41) is 4.58. The second-order valence-corrected chi connectivity index (χ2v) is 8.00. The quantitative estimate of drug-likeness (QED) is 0.424. The van der Waals surface area contributed by atoms with E-state index in [1.54, 1.807) is 24.5 Å². The Morgan fingerprint density at radius 3 is 2.18 bits per heavy atom. The molecule has 0 saturated carbocycles. The van der Waals surface area contributed by atoms with E-state index in [9.17, 15) is 14.4 Å². The van der Waals surface area contributed by atoms with Crippen molar-refractivity contribution in [3.63, 3.8) is 0 Å². The maximum atomic E-state index is 13.0. The highest BCUT2D eigenvalue weighted by Crippen LogP contribution is 2.30. The molecule has 3 amide bonds. The second-order valence-electron chi connectivity index (χ2n) is 8.00. The third kappa shape index (κ3) is 3.91. The van der Waals surface area contributed by atoms with Gasteiger partial charge in [0.2, 0.25) is 5.91 Å². The first-order valence-corrected chi connectivity index (χ1v) is 10.9. The van der Waals surface area contributed by atoms with Gasteiger partial charge in [-0.2, -0.15) is 0 Å². The first kappa shape index (κ1) is 20.7. The van der Waals surface area contributed by atoms with Crippen LogP contribution in [0.15, 0.2) is 89.5 Å². The summed E-state index contributed by atoms with van der Waals surface area (Å²) in [6.07, 6.45) is 2.11. The molecule has 0 aliphatic carbocycles. The molecule has 0 bridgehead atoms. The van der Waals surface area contributed by atoms with Gasteiger partial charge in [-0.1, -0.05) is 54.6 Å². The van der Waals surface area contributed by atoms with E-state index >= 15 is 0 Å². The predicted molar refractivity (Wildman–Crippen MR) is 124 cm³/mol. The summed E-state index contributed by atoms with van der Waals surface area (Å²) in [5.74, 6) is -0.176. The monoisotopic (exact) mass is 438 g/mol. The van der Waals surface area contributed by atoms with Crippen molar-refractivity contribution in [1.82, 2.24) is 10.2 Å². The zero-order chi connectivity index (χ0) is 22.8. The summed E-state index contributed by atoms with van der Waals surface area (Å²) in [6, 6.07) is 23.7. The topological polar surface area (TPSA) is 79.6 Å². The number of hydrogen-bond acceptors (Lipinski definition) is 4. The van der Waals surface area contributed by atoms with Crippen LogP contribution in [-0.2, 0) is 4.79 Å². The molecule has 1 aliphatic heterocycles. The van der Waals surface area contributed by atoms with Gasteiger partial charge in [0.1, 0.15) is 11.8 Å². The largest absolute Gasteiger partial charge is 0.467 e. The van der Waals surface area contributed by atoms with Crippen LogP contribution in [0.5, 0.6) is 0 Å². The molecule has 1 aliphatic rings. The van der Waals surface area contributed by atoms with E-state index < -0.39 is 6.04 Å². The van der Waals surface area contributed by atoms with E-state index in [-0.39, 0.29) is 30.7 Å². The Labute approximate surface area is 190 Å². The molecule has 0 fully saturated rings. The lowest BCUT2D eigenvalue weighted by Crippen LogP contribution is -2.41. The molecule has 164 valence electrons. The average Bonchev–Trinajstić information content (AvgIpc) is 3.38. The number of carbonyl (C=O) groups is 3. The summed E-state index contributed by atoms with van der Waals surface area (Å²) in [4.78, 5) is 40.0. The number of rotatable bonds is 7. The average molecular weight is 438 g/mol. The zero-order valence-electron chi connectivity index (χ0n) is 17.9. The minimum Gasteiger partial charge on any atom is -0.467 e. The van der Waals surface area contributed by atoms with Crippen LogP contribution < -0.4 is 5.32 Å². The van der Waals surface area contributed by atoms with E-state index in [0.29, 0.717) is 28.7 Å². The van der Waals surface area contributed by atoms with Crippen LogP contribution in [0, 0.1) is 0 Å². The number of benzene rings is 3. The van der Waals surface area contributed by atoms with Gasteiger partial charge in [0, 0.05) is 29.5 Å². The van der Waals surface area contributed by atoms with E-state index in [4.69, 9.17) is 4.42 Å². The molecule has 1 aromatic heterocycles. The molecule has 33 heavy (non-hydrogen) atoms. The van der Waals surface area contributed by atoms with Crippen LogP contribution in [-0.4, -0.2) is 29.2 Å². The molecular formula is C27H22N2O4. The van der Waals surface area contributed by atoms with Crippen LogP contribution in [0.25, 0.3) is 10.8 Å². The Morgan fingerprint density at radius 1 is 0.848 bits per heavy atom. The standard InChI is InChI=1S/C27H22N2O4/c30-23(28-25(22-14-7-17-33-22)19-8-2-1-3-9-19)15-6-16-29-26(31)20-12-4-10-18-11-5-13-21(24(18)20)27(29)32/h1-5,7-14,17,25H,6,15-16H2,(H,28,30). The Morgan fingerprint density at radius 2 is 1.55 bits per heavy atom. The van der Waals surface area contributed by atoms with Gasteiger partial charge in [0.25, 0.3) is 11.8 Å². The molecule has 1 unspecified atom stereocenters. The number of furan rings is 1. The van der Waals surface area contributed by atoms with Crippen molar-refractivity contribution in [3.8, 4) is 0 Å². The molecule has 3 aromatic carbocycles. The summed E-state index contributed by atoms with van der Waals surface area (Å²) in [6.45, 7) is 0.173. The molecular weight excluding hydrogens is 416 g/mol. The molecule has 5 rings (SSSR count). The van der Waals surface area contributed by atoms with Gasteiger partial charge in [-0.25, -0.2) is 0 Å². The van der Waals surface area contributed by atoms with Crippen molar-refractivity contribution in [1.29, 1.82) is 0 Å². The van der Waals surface area contributed by atoms with E-state index in [2.05, 4.69) is 5.32 Å². The first-order valence-electron chi connectivity index (χ1n) is 10.9. The van der Waals surface area contributed by atoms with Crippen LogP contribution >= 0.6 is 0 Å². The van der Waals surface area contributed by atoms with Crippen molar-refractivity contribution in [3.05, 3.63) is 108 Å². The van der Waals surface area contributed by atoms with Crippen LogP contribution in [0.3, 0.4) is 0 Å². The molecule has 0 saturated heterocycles. The number of nitrogens with zero attached hydrogens (tertiary/aromatic N) is 1. The second kappa shape index (κ2) is 8.74. The maximum Gasteiger partial charge on any atom is 0.261 e. The smallest absolute Gasteiger partial charge is 0.261 e. The number of hydrogen-bond donors (Lipinski definition) is 1. The minimum atomic E-state index is -0.406. The minimum absolute atomic E-state index is 0.173. The third-order valence-electron chi connectivity index (χ3n) is 5.91. The van der Waals surface area contributed by atoms with Gasteiger partial charge < -0.3 is 9.73 Å². The molecule has 4 aromatic rings. The highest BCUT2D eigenvalue weighted by molar-refractivity contribution is 6.25. The molecule has 0 radical (unpaired) electrons. The lowest BCUT2D eigenvalue weighted by molar-refractivity contribution is -0.121. The van der Waals surface area contributed by atoms with Crippen molar-refractivity contribution in [2.75, 3.05) is 6.54 Å². The van der Waals surface area contributed by atoms with Crippen molar-refractivity contribution < 1.29 is 18.8 Å². The number of carbonyl (C=O) groups excluding carboxylic acids is 3. The van der Waals surface area contributed by atoms with Crippen molar-refractivity contribution in [2.45, 2.75) is 18.9 Å². The lowest BCUT2D eigenvalue weighted by Gasteiger charge is -2.27. The summed E-state index contributed by atoms with van der Waals surface area (Å²) < 4.78 is 5.53. The van der Waals surface area contributed by atoms with E-state index in [1.807, 2.05) is 60.7 Å². The van der Waals surface area contributed by atoms with Gasteiger partial charge in [-0.05, 0) is 41.6 Å². The fourth-order valence-electron chi connectivity index (χ4n) is 4.33. The SMILES string of the molecule is O=C(CCCN1C(=O)c2cccc3cccc(c23)C1=O)NC(c1ccccc1)c1ccco1. The van der Waals surface area contributed by atoms with E-state index in [0.717, 1.165) is 10.9 Å². The molecule has 0 spiro atoms. The van der Waals surface area contributed by atoms with Crippen molar-refractivity contribution in [2.24, 2.45) is 0 Å². The fraction of sp³-hybridized carbons (Fsp3) is 0.148. The number of nitrogens with one attached hydrogen (secondary N) is 1. The zero-order valence-corrected chi connectivity index (χ0v) is 17.9. The number of amides is 3. The lowest BCUT2D eigenvalue weighted by atomic mass is 9.94. The van der Waals surface area contributed by atoms with E-state index in [1.165, 1.54) is 4.90 Å². The highest BCUT2D eigenvalue weighted by atomic mass is 16.3. The van der Waals surface area contributed by atoms with Crippen LogP contribution in [0.1, 0.15) is 50.9 Å².